The zero-order chi connectivity index (χ0) is 10.6. The summed E-state index contributed by atoms with van der Waals surface area (Å²) in [6, 6.07) is 0. The Morgan fingerprint density at radius 3 is 2.29 bits per heavy atom. The zero-order valence-corrected chi connectivity index (χ0v) is 9.92. The molecule has 1 aliphatic carbocycles. The average molecular weight is 199 g/mol. The van der Waals surface area contributed by atoms with E-state index >= 15 is 0 Å². The van der Waals surface area contributed by atoms with Gasteiger partial charge in [0.15, 0.2) is 0 Å². The van der Waals surface area contributed by atoms with E-state index in [2.05, 4.69) is 25.7 Å². The highest BCUT2D eigenvalue weighted by molar-refractivity contribution is 4.87. The highest BCUT2D eigenvalue weighted by Crippen LogP contribution is 2.30. The van der Waals surface area contributed by atoms with E-state index in [4.69, 9.17) is 0 Å². The lowest BCUT2D eigenvalue weighted by Gasteiger charge is -2.31. The summed E-state index contributed by atoms with van der Waals surface area (Å²) in [7, 11) is 0. The summed E-state index contributed by atoms with van der Waals surface area (Å²) in [5, 5.41) is 10.3. The summed E-state index contributed by atoms with van der Waals surface area (Å²) in [5.74, 6) is 0.694. The molecular weight excluding hydrogens is 174 g/mol. The maximum atomic E-state index is 10.3. The minimum Gasteiger partial charge on any atom is -0.389 e. The number of hydrogen-bond donors (Lipinski definition) is 1. The zero-order valence-electron chi connectivity index (χ0n) is 9.92. The van der Waals surface area contributed by atoms with Crippen molar-refractivity contribution in [3.05, 3.63) is 0 Å². The van der Waals surface area contributed by atoms with Crippen LogP contribution in [0.1, 0.15) is 46.5 Å². The standard InChI is InChI=1S/C12H25NO/c1-4-13(9-11(2)3)10-12(14)7-5-6-8-12/h11,14H,4-10H2,1-3H3. The number of rotatable bonds is 5. The van der Waals surface area contributed by atoms with Gasteiger partial charge in [-0.1, -0.05) is 33.6 Å². The second-order valence-electron chi connectivity index (χ2n) is 5.15. The number of nitrogens with zero attached hydrogens (tertiary/aromatic N) is 1. The fraction of sp³-hybridized carbons (Fsp3) is 1.00. The molecule has 0 spiro atoms. The average Bonchev–Trinajstić information content (AvgIpc) is 2.50. The Hall–Kier alpha value is -0.0800. The maximum absolute atomic E-state index is 10.3. The lowest BCUT2D eigenvalue weighted by molar-refractivity contribution is 0.00795. The van der Waals surface area contributed by atoms with Gasteiger partial charge in [-0.2, -0.15) is 0 Å². The van der Waals surface area contributed by atoms with Crippen LogP contribution in [0.3, 0.4) is 0 Å². The van der Waals surface area contributed by atoms with Gasteiger partial charge < -0.3 is 10.0 Å². The van der Waals surface area contributed by atoms with Crippen LogP contribution in [-0.4, -0.2) is 35.2 Å². The Kier molecular flexibility index (Phi) is 4.39. The van der Waals surface area contributed by atoms with Crippen molar-refractivity contribution >= 4 is 0 Å². The molecule has 0 aromatic carbocycles. The fourth-order valence-corrected chi connectivity index (χ4v) is 2.43. The molecule has 0 saturated heterocycles. The van der Waals surface area contributed by atoms with Gasteiger partial charge in [-0.3, -0.25) is 0 Å². The second-order valence-corrected chi connectivity index (χ2v) is 5.15. The van der Waals surface area contributed by atoms with Gasteiger partial charge in [0, 0.05) is 13.1 Å². The van der Waals surface area contributed by atoms with E-state index in [1.807, 2.05) is 0 Å². The molecule has 1 fully saturated rings. The first-order chi connectivity index (χ1) is 6.56. The van der Waals surface area contributed by atoms with Crippen molar-refractivity contribution in [1.29, 1.82) is 0 Å². The summed E-state index contributed by atoms with van der Waals surface area (Å²) in [5.41, 5.74) is -0.370. The number of likely N-dealkylation sites (N-methyl/N-ethyl adjacent to an activating group) is 1. The van der Waals surface area contributed by atoms with Gasteiger partial charge in [-0.15, -0.1) is 0 Å². The van der Waals surface area contributed by atoms with E-state index in [0.29, 0.717) is 5.92 Å². The van der Waals surface area contributed by atoms with Crippen LogP contribution in [0.25, 0.3) is 0 Å². The van der Waals surface area contributed by atoms with Crippen LogP contribution >= 0.6 is 0 Å². The predicted octanol–water partition coefficient (Wildman–Crippen LogP) is 2.27. The van der Waals surface area contributed by atoms with Crippen molar-refractivity contribution < 1.29 is 5.11 Å². The molecule has 84 valence electrons. The largest absolute Gasteiger partial charge is 0.389 e. The van der Waals surface area contributed by atoms with Crippen molar-refractivity contribution in [2.45, 2.75) is 52.1 Å². The third-order valence-corrected chi connectivity index (χ3v) is 3.12. The Balaban J connectivity index is 2.38. The van der Waals surface area contributed by atoms with Crippen molar-refractivity contribution in [3.63, 3.8) is 0 Å². The molecule has 1 N–H and O–H groups in total. The van der Waals surface area contributed by atoms with Crippen LogP contribution in [0, 0.1) is 5.92 Å². The number of hydrogen-bond acceptors (Lipinski definition) is 2. The van der Waals surface area contributed by atoms with Crippen LogP contribution in [0.15, 0.2) is 0 Å². The Labute approximate surface area is 88.3 Å². The van der Waals surface area contributed by atoms with Gasteiger partial charge in [0.05, 0.1) is 5.60 Å². The summed E-state index contributed by atoms with van der Waals surface area (Å²) < 4.78 is 0. The smallest absolute Gasteiger partial charge is 0.0774 e. The van der Waals surface area contributed by atoms with Gasteiger partial charge in [-0.25, -0.2) is 0 Å². The first kappa shape index (κ1) is 12.0. The Morgan fingerprint density at radius 2 is 1.86 bits per heavy atom. The monoisotopic (exact) mass is 199 g/mol. The van der Waals surface area contributed by atoms with Crippen molar-refractivity contribution in [1.82, 2.24) is 4.90 Å². The van der Waals surface area contributed by atoms with Crippen LogP contribution in [0.2, 0.25) is 0 Å². The topological polar surface area (TPSA) is 23.5 Å². The molecule has 1 rings (SSSR count). The van der Waals surface area contributed by atoms with Gasteiger partial charge in [0.2, 0.25) is 0 Å². The Bertz CT molecular complexity index is 162. The fourth-order valence-electron chi connectivity index (χ4n) is 2.43. The molecule has 1 saturated carbocycles. The van der Waals surface area contributed by atoms with Crippen molar-refractivity contribution in [2.24, 2.45) is 5.92 Å². The first-order valence-corrected chi connectivity index (χ1v) is 6.00. The highest BCUT2D eigenvalue weighted by atomic mass is 16.3. The molecule has 0 amide bonds. The van der Waals surface area contributed by atoms with Crippen molar-refractivity contribution in [2.75, 3.05) is 19.6 Å². The third kappa shape index (κ3) is 3.58. The quantitative estimate of drug-likeness (QED) is 0.734. The summed E-state index contributed by atoms with van der Waals surface area (Å²) in [6.07, 6.45) is 4.41. The van der Waals surface area contributed by atoms with E-state index in [-0.39, 0.29) is 5.60 Å². The van der Waals surface area contributed by atoms with Crippen LogP contribution in [0.4, 0.5) is 0 Å². The molecule has 1 aliphatic rings. The number of aliphatic hydroxyl groups is 1. The third-order valence-electron chi connectivity index (χ3n) is 3.12. The minimum absolute atomic E-state index is 0.370. The summed E-state index contributed by atoms with van der Waals surface area (Å²) >= 11 is 0. The van der Waals surface area contributed by atoms with E-state index in [1.54, 1.807) is 0 Å². The molecule has 0 aliphatic heterocycles. The van der Waals surface area contributed by atoms with Gasteiger partial charge in [-0.05, 0) is 25.3 Å². The molecular formula is C12H25NO. The molecule has 0 atom stereocenters. The molecule has 2 heteroatoms. The van der Waals surface area contributed by atoms with E-state index in [1.165, 1.54) is 12.8 Å². The van der Waals surface area contributed by atoms with Crippen LogP contribution in [0.5, 0.6) is 0 Å². The SMILES string of the molecule is CCN(CC(C)C)CC1(O)CCCC1. The molecule has 14 heavy (non-hydrogen) atoms. The van der Waals surface area contributed by atoms with Crippen LogP contribution in [-0.2, 0) is 0 Å². The van der Waals surface area contributed by atoms with Crippen LogP contribution < -0.4 is 0 Å². The summed E-state index contributed by atoms with van der Waals surface area (Å²) in [4.78, 5) is 2.38. The minimum atomic E-state index is -0.370. The van der Waals surface area contributed by atoms with E-state index in [9.17, 15) is 5.11 Å². The Morgan fingerprint density at radius 1 is 1.29 bits per heavy atom. The summed E-state index contributed by atoms with van der Waals surface area (Å²) in [6.45, 7) is 9.70. The van der Waals surface area contributed by atoms with Gasteiger partial charge in [0.1, 0.15) is 0 Å². The second kappa shape index (κ2) is 5.13. The molecule has 0 radical (unpaired) electrons. The van der Waals surface area contributed by atoms with Crippen molar-refractivity contribution in [3.8, 4) is 0 Å². The molecule has 0 aromatic heterocycles. The molecule has 0 unspecified atom stereocenters. The van der Waals surface area contributed by atoms with Gasteiger partial charge in [0.25, 0.3) is 0 Å². The molecule has 0 bridgehead atoms. The first-order valence-electron chi connectivity index (χ1n) is 6.00. The van der Waals surface area contributed by atoms with Gasteiger partial charge >= 0.3 is 0 Å². The lowest BCUT2D eigenvalue weighted by atomic mass is 10.0. The van der Waals surface area contributed by atoms with E-state index < -0.39 is 0 Å². The molecule has 2 nitrogen and oxygen atoms in total. The highest BCUT2D eigenvalue weighted by Gasteiger charge is 2.32. The maximum Gasteiger partial charge on any atom is 0.0774 e. The molecule has 0 aromatic rings. The van der Waals surface area contributed by atoms with E-state index in [0.717, 1.165) is 32.5 Å². The molecule has 0 heterocycles. The predicted molar refractivity (Wildman–Crippen MR) is 60.4 cm³/mol. The normalized spacial score (nSPS) is 21.0. The lowest BCUT2D eigenvalue weighted by Crippen LogP contribution is -2.42.